The maximum atomic E-state index is 12.9. The summed E-state index contributed by atoms with van der Waals surface area (Å²) in [4.78, 5) is 14.7. The van der Waals surface area contributed by atoms with Crippen molar-refractivity contribution >= 4 is 24.9 Å². The molecule has 0 saturated heterocycles. The van der Waals surface area contributed by atoms with Crippen LogP contribution in [-0.2, 0) is 6.54 Å². The molecule has 0 aliphatic heterocycles. The fourth-order valence-corrected chi connectivity index (χ4v) is 2.44. The smallest absolute Gasteiger partial charge is 0.870 e. The molecule has 0 aliphatic carbocycles. The molecule has 3 rings (SSSR count). The number of benzene rings is 3. The van der Waals surface area contributed by atoms with E-state index in [1.54, 1.807) is 29.2 Å². The Balaban J connectivity index is 0.00000156. The molecule has 0 unspecified atom stereocenters. The maximum Gasteiger partial charge on any atom is -0.870 e. The molecule has 5 heteroatoms. The van der Waals surface area contributed by atoms with E-state index in [9.17, 15) is 4.79 Å². The monoisotopic (exact) mass is 331 g/mol. The molecule has 0 aromatic heterocycles. The van der Waals surface area contributed by atoms with Crippen LogP contribution in [0.4, 0.5) is 5.69 Å². The zero-order valence-electron chi connectivity index (χ0n) is 13.6. The molecule has 124 valence electrons. The Labute approximate surface area is 148 Å². The Morgan fingerprint density at radius 2 is 1.28 bits per heavy atom. The van der Waals surface area contributed by atoms with Gasteiger partial charge in [-0.1, -0.05) is 0 Å². The Hall–Kier alpha value is -2.89. The topological polar surface area (TPSA) is 80.3 Å². The molecule has 0 saturated carbocycles. The molecule has 2 N–H and O–H groups in total. The zero-order valence-corrected chi connectivity index (χ0v) is 13.6. The van der Waals surface area contributed by atoms with Crippen molar-refractivity contribution < 1.29 is 15.7 Å². The van der Waals surface area contributed by atoms with E-state index in [2.05, 4.69) is 0 Å². The van der Waals surface area contributed by atoms with Crippen molar-refractivity contribution in [3.63, 3.8) is 0 Å². The summed E-state index contributed by atoms with van der Waals surface area (Å²) in [5.74, 6) is -0.0416. The number of anilines is 1. The number of rotatable bonds is 4. The average molecular weight is 331 g/mol. The molecule has 3 aromatic rings. The third kappa shape index (κ3) is 5.04. The van der Waals surface area contributed by atoms with Crippen molar-refractivity contribution in [2.75, 3.05) is 4.90 Å². The van der Waals surface area contributed by atoms with Crippen molar-refractivity contribution in [3.8, 4) is 0 Å². The second kappa shape index (κ2) is 9.42. The Bertz CT molecular complexity index is 777. The van der Waals surface area contributed by atoms with Gasteiger partial charge in [-0.2, -0.15) is 0 Å². The van der Waals surface area contributed by atoms with Crippen LogP contribution in [0.5, 0.6) is 0 Å². The molecule has 0 heterocycles. The number of amides is 1. The van der Waals surface area contributed by atoms with E-state index >= 15 is 0 Å². The van der Waals surface area contributed by atoms with Gasteiger partial charge in [0.25, 0.3) is 0 Å². The predicted molar refractivity (Wildman–Crippen MR) is 99.1 cm³/mol. The Morgan fingerprint density at radius 1 is 0.760 bits per heavy atom. The molecular weight excluding hydrogens is 313 g/mol. The molecule has 0 atom stereocenters. The summed E-state index contributed by atoms with van der Waals surface area (Å²) in [6.45, 7) is 0.522. The predicted octanol–water partition coefficient (Wildman–Crippen LogP) is 2.97. The fraction of sp³-hybridized carbons (Fsp3) is 0.0500. The standard InChI is InChI=1S/C20H16BNO.2H2O/c21-18-13-11-17(12-14-18)20(23)22(19-9-5-2-6-10-19)15-16-7-3-1-4-8-16;;/h1-14H,15H2;2*1H2/q+2;;/p-2. The number of para-hydroxylation sites is 1. The molecule has 0 radical (unpaired) electrons. The van der Waals surface area contributed by atoms with Crippen molar-refractivity contribution in [1.29, 1.82) is 0 Å². The van der Waals surface area contributed by atoms with Crippen LogP contribution in [0.3, 0.4) is 0 Å². The first-order valence-corrected chi connectivity index (χ1v) is 7.50. The first-order chi connectivity index (χ1) is 11.2. The van der Waals surface area contributed by atoms with E-state index < -0.39 is 0 Å². The van der Waals surface area contributed by atoms with Gasteiger partial charge in [0.15, 0.2) is 0 Å². The van der Waals surface area contributed by atoms with E-state index in [1.807, 2.05) is 60.7 Å². The van der Waals surface area contributed by atoms with Gasteiger partial charge in [-0.05, 0) is 0 Å². The molecule has 1 amide bonds. The molecule has 0 fully saturated rings. The van der Waals surface area contributed by atoms with Crippen molar-refractivity contribution in [3.05, 3.63) is 96.1 Å². The Morgan fingerprint density at radius 3 is 1.84 bits per heavy atom. The summed E-state index contributed by atoms with van der Waals surface area (Å²) in [6, 6.07) is 26.7. The van der Waals surface area contributed by atoms with Gasteiger partial charge in [-0.3, -0.25) is 0 Å². The maximum absolute atomic E-state index is 12.9. The number of carbonyl (C=O) groups is 1. The van der Waals surface area contributed by atoms with Gasteiger partial charge >= 0.3 is 137 Å². The van der Waals surface area contributed by atoms with E-state index in [1.165, 1.54) is 0 Å². The van der Waals surface area contributed by atoms with Gasteiger partial charge in [-0.25, -0.2) is 0 Å². The van der Waals surface area contributed by atoms with Crippen molar-refractivity contribution in [1.82, 2.24) is 0 Å². The van der Waals surface area contributed by atoms with Crippen LogP contribution in [0.2, 0.25) is 0 Å². The average Bonchev–Trinajstić information content (AvgIpc) is 2.61. The van der Waals surface area contributed by atoms with E-state index in [0.717, 1.165) is 11.3 Å². The summed E-state index contributed by atoms with van der Waals surface area (Å²) in [5, 5.41) is 0. The molecule has 4 nitrogen and oxygen atoms in total. The summed E-state index contributed by atoms with van der Waals surface area (Å²) in [5.41, 5.74) is 3.23. The third-order valence-electron chi connectivity index (χ3n) is 3.65. The molecule has 25 heavy (non-hydrogen) atoms. The first-order valence-electron chi connectivity index (χ1n) is 7.50. The Kier molecular flexibility index (Phi) is 7.60. The second-order valence-corrected chi connectivity index (χ2v) is 5.33. The summed E-state index contributed by atoms with van der Waals surface area (Å²) >= 11 is 0. The quantitative estimate of drug-likeness (QED) is 0.689. The molecule has 0 spiro atoms. The zero-order chi connectivity index (χ0) is 16.1. The summed E-state index contributed by atoms with van der Waals surface area (Å²) in [7, 11) is 5.71. The minimum Gasteiger partial charge on any atom is -0.870 e. The van der Waals surface area contributed by atoms with Gasteiger partial charge in [-0.15, -0.1) is 0 Å². The number of hydrogen-bond acceptors (Lipinski definition) is 3. The number of carbonyl (C=O) groups excluding carboxylic acids is 1. The minimum atomic E-state index is -0.0416. The molecular formula is C20H18BNO3. The van der Waals surface area contributed by atoms with Crippen LogP contribution in [0.1, 0.15) is 15.9 Å². The van der Waals surface area contributed by atoms with Crippen LogP contribution in [-0.4, -0.2) is 24.7 Å². The third-order valence-corrected chi connectivity index (χ3v) is 3.65. The van der Waals surface area contributed by atoms with Gasteiger partial charge in [0.2, 0.25) is 0 Å². The SMILES string of the molecule is [B+2]c1ccc(C(=O)N(Cc2ccccc2)c2ccccc2)cc1.[OH-].[OH-]. The summed E-state index contributed by atoms with van der Waals surface area (Å²) < 4.78 is 0. The largest absolute Gasteiger partial charge is 0.870 e. The molecule has 0 aliphatic rings. The van der Waals surface area contributed by atoms with E-state index in [-0.39, 0.29) is 16.9 Å². The van der Waals surface area contributed by atoms with Crippen LogP contribution < -0.4 is 10.4 Å². The fourth-order valence-electron chi connectivity index (χ4n) is 2.44. The van der Waals surface area contributed by atoms with Crippen LogP contribution >= 0.6 is 0 Å². The summed E-state index contributed by atoms with van der Waals surface area (Å²) in [6.07, 6.45) is 0. The van der Waals surface area contributed by atoms with Gasteiger partial charge < -0.3 is 11.0 Å². The van der Waals surface area contributed by atoms with Crippen molar-refractivity contribution in [2.24, 2.45) is 0 Å². The first kappa shape index (κ1) is 20.2. The molecule has 0 bridgehead atoms. The van der Waals surface area contributed by atoms with Crippen molar-refractivity contribution in [2.45, 2.75) is 6.54 Å². The number of hydrogen-bond donors (Lipinski definition) is 0. The van der Waals surface area contributed by atoms with Crippen LogP contribution in [0.25, 0.3) is 0 Å². The second-order valence-electron chi connectivity index (χ2n) is 5.33. The van der Waals surface area contributed by atoms with E-state index in [0.29, 0.717) is 17.6 Å². The normalized spacial score (nSPS) is 9.52. The van der Waals surface area contributed by atoms with Gasteiger partial charge in [0, 0.05) is 0 Å². The van der Waals surface area contributed by atoms with Gasteiger partial charge in [0.1, 0.15) is 0 Å². The molecule has 3 aromatic carbocycles. The van der Waals surface area contributed by atoms with Crippen LogP contribution in [0.15, 0.2) is 84.9 Å². The minimum absolute atomic E-state index is 0. The van der Waals surface area contributed by atoms with Gasteiger partial charge in [0.05, 0.1) is 0 Å². The van der Waals surface area contributed by atoms with E-state index in [4.69, 9.17) is 7.85 Å². The number of nitrogens with zero attached hydrogens (tertiary/aromatic N) is 1. The van der Waals surface area contributed by atoms with Crippen LogP contribution in [0, 0.1) is 0 Å².